The third-order valence-electron chi connectivity index (χ3n) is 11.9. The minimum atomic E-state index is -1.38. The van der Waals surface area contributed by atoms with Crippen LogP contribution in [0.15, 0.2) is 24.3 Å². The molecule has 3 unspecified atom stereocenters. The number of hydrogen-bond donors (Lipinski definition) is 6. The predicted molar refractivity (Wildman–Crippen MR) is 192 cm³/mol. The van der Waals surface area contributed by atoms with Crippen molar-refractivity contribution in [2.24, 2.45) is 23.7 Å². The highest BCUT2D eigenvalue weighted by molar-refractivity contribution is 5.96. The first kappa shape index (κ1) is 37.7. The van der Waals surface area contributed by atoms with Gasteiger partial charge in [0.25, 0.3) is 0 Å². The fraction of sp³-hybridized carbons (Fsp3) is 0.789. The second kappa shape index (κ2) is 16.3. The van der Waals surface area contributed by atoms with Crippen LogP contribution in [0.5, 0.6) is 0 Å². The summed E-state index contributed by atoms with van der Waals surface area (Å²) in [4.78, 5) is 55.4. The summed E-state index contributed by atoms with van der Waals surface area (Å²) in [5.41, 5.74) is 8.28. The normalized spacial score (nSPS) is 36.8. The van der Waals surface area contributed by atoms with Gasteiger partial charge in [-0.3, -0.25) is 9.59 Å². The summed E-state index contributed by atoms with van der Waals surface area (Å²) in [7, 11) is 0. The Morgan fingerprint density at radius 1 is 0.980 bits per heavy atom. The van der Waals surface area contributed by atoms with Gasteiger partial charge in [0.1, 0.15) is 23.2 Å². The largest absolute Gasteiger partial charge is 0.479 e. The monoisotopic (exact) mass is 711 g/mol. The number of aliphatic carboxylic acids is 1. The highest BCUT2D eigenvalue weighted by Crippen LogP contribution is 2.45. The van der Waals surface area contributed by atoms with Gasteiger partial charge in [-0.15, -0.1) is 0 Å². The number of carboxylic acids is 1. The van der Waals surface area contributed by atoms with E-state index in [4.69, 9.17) is 4.74 Å². The van der Waals surface area contributed by atoms with E-state index in [1.165, 1.54) is 49.8 Å². The van der Waals surface area contributed by atoms with Crippen LogP contribution in [0.4, 0.5) is 4.79 Å². The Kier molecular flexibility index (Phi) is 12.1. The first-order valence-electron chi connectivity index (χ1n) is 19.7. The van der Waals surface area contributed by atoms with Crippen molar-refractivity contribution in [3.8, 4) is 0 Å². The van der Waals surface area contributed by atoms with Crippen molar-refractivity contribution in [1.29, 1.82) is 0 Å². The zero-order chi connectivity index (χ0) is 36.2. The maximum atomic E-state index is 14.4. The molecule has 0 spiro atoms. The molecular weight excluding hydrogens is 650 g/mol. The van der Waals surface area contributed by atoms with E-state index in [0.29, 0.717) is 37.0 Å². The number of rotatable bonds is 6. The van der Waals surface area contributed by atoms with Crippen molar-refractivity contribution >= 4 is 23.9 Å². The van der Waals surface area contributed by atoms with Crippen LogP contribution in [-0.4, -0.2) is 81.0 Å². The minimum absolute atomic E-state index is 0.0234. The Hall–Kier alpha value is -3.00. The molecule has 0 aromatic heterocycles. The van der Waals surface area contributed by atoms with Gasteiger partial charge in [0.05, 0.1) is 12.2 Å². The van der Waals surface area contributed by atoms with Crippen molar-refractivity contribution in [2.75, 3.05) is 6.54 Å². The lowest BCUT2D eigenvalue weighted by Gasteiger charge is -2.34. The van der Waals surface area contributed by atoms with Crippen molar-refractivity contribution in [2.45, 2.75) is 159 Å². The molecule has 6 aliphatic rings. The maximum absolute atomic E-state index is 14.4. The first-order valence-corrected chi connectivity index (χ1v) is 19.7. The molecule has 2 saturated heterocycles. The first-order chi connectivity index (χ1) is 24.4. The number of carbonyl (C=O) groups is 4. The summed E-state index contributed by atoms with van der Waals surface area (Å²) in [5.74, 6) is -0.687. The van der Waals surface area contributed by atoms with Crippen LogP contribution in [0, 0.1) is 23.7 Å². The molecule has 0 aromatic carbocycles. The van der Waals surface area contributed by atoms with Gasteiger partial charge in [0, 0.05) is 12.5 Å². The van der Waals surface area contributed by atoms with E-state index >= 15 is 0 Å². The molecular formula is C38H61N7O6. The van der Waals surface area contributed by atoms with Gasteiger partial charge in [-0.2, -0.15) is 10.7 Å². The Bertz CT molecular complexity index is 1330. The number of nitrogens with zero attached hydrogens (tertiary/aromatic N) is 2. The Morgan fingerprint density at radius 3 is 2.47 bits per heavy atom. The lowest BCUT2D eigenvalue weighted by Crippen LogP contribution is -2.56. The minimum Gasteiger partial charge on any atom is -0.479 e. The second-order valence-electron chi connectivity index (χ2n) is 16.9. The lowest BCUT2D eigenvalue weighted by atomic mass is 9.76. The SMILES string of the molecule is CC(C)(C)OC(=O)N[C@H]1CCCCC/C=C\[C@@H]2C[C@]2(C(=O)O)NC(=O)[C@@H]2C[C@@H](N3NNC(C4CCCCC4/C=C/C4CCCCC4)N3)CN2C1=O. The van der Waals surface area contributed by atoms with Crippen LogP contribution in [0.3, 0.4) is 0 Å². The fourth-order valence-corrected chi connectivity index (χ4v) is 8.94. The molecule has 13 nitrogen and oxygen atoms in total. The number of carbonyl (C=O) groups excluding carboxylic acids is 3. The van der Waals surface area contributed by atoms with E-state index in [0.717, 1.165) is 32.1 Å². The number of alkyl carbamates (subject to hydrolysis) is 1. The molecule has 8 atom stereocenters. The van der Waals surface area contributed by atoms with Crippen LogP contribution in [0.1, 0.15) is 124 Å². The summed E-state index contributed by atoms with van der Waals surface area (Å²) in [6.45, 7) is 5.53. The molecule has 0 bridgehead atoms. The number of hydrazine groups is 3. The number of ether oxygens (including phenoxy) is 1. The van der Waals surface area contributed by atoms with Crippen molar-refractivity contribution < 1.29 is 29.0 Å². The molecule has 13 heteroatoms. The zero-order valence-electron chi connectivity index (χ0n) is 30.8. The van der Waals surface area contributed by atoms with Crippen molar-refractivity contribution in [1.82, 2.24) is 37.0 Å². The number of allylic oxidation sites excluding steroid dienone is 3. The summed E-state index contributed by atoms with van der Waals surface area (Å²) in [6, 6.07) is -2.10. The van der Waals surface area contributed by atoms with E-state index in [1.54, 1.807) is 20.8 Å². The third kappa shape index (κ3) is 9.33. The lowest BCUT2D eigenvalue weighted by molar-refractivity contribution is -0.145. The van der Waals surface area contributed by atoms with Gasteiger partial charge in [-0.1, -0.05) is 69.2 Å². The highest BCUT2D eigenvalue weighted by Gasteiger charge is 2.61. The molecule has 6 N–H and O–H groups in total. The molecule has 51 heavy (non-hydrogen) atoms. The number of nitrogens with one attached hydrogen (secondary N) is 5. The van der Waals surface area contributed by atoms with E-state index in [-0.39, 0.29) is 37.0 Å². The molecule has 0 aromatic rings. The molecule has 6 rings (SSSR count). The summed E-state index contributed by atoms with van der Waals surface area (Å²) >= 11 is 0. The van der Waals surface area contributed by atoms with E-state index in [1.807, 2.05) is 17.3 Å². The van der Waals surface area contributed by atoms with E-state index in [2.05, 4.69) is 39.2 Å². The smallest absolute Gasteiger partial charge is 0.408 e. The molecule has 0 radical (unpaired) electrons. The van der Waals surface area contributed by atoms with Crippen LogP contribution >= 0.6 is 0 Å². The van der Waals surface area contributed by atoms with Gasteiger partial charge in [-0.05, 0) is 96.3 Å². The summed E-state index contributed by atoms with van der Waals surface area (Å²) < 4.78 is 5.52. The average molecular weight is 712 g/mol. The molecule has 3 heterocycles. The van der Waals surface area contributed by atoms with Crippen molar-refractivity contribution in [3.63, 3.8) is 0 Å². The second-order valence-corrected chi connectivity index (χ2v) is 16.9. The average Bonchev–Trinajstić information content (AvgIpc) is 3.39. The van der Waals surface area contributed by atoms with Crippen LogP contribution in [-0.2, 0) is 19.1 Å². The van der Waals surface area contributed by atoms with E-state index in [9.17, 15) is 24.3 Å². The van der Waals surface area contributed by atoms with Gasteiger partial charge >= 0.3 is 12.1 Å². The molecule has 3 aliphatic carbocycles. The van der Waals surface area contributed by atoms with E-state index < -0.39 is 41.2 Å². The zero-order valence-corrected chi connectivity index (χ0v) is 30.8. The van der Waals surface area contributed by atoms with Crippen molar-refractivity contribution in [3.05, 3.63) is 24.3 Å². The topological polar surface area (TPSA) is 164 Å². The fourth-order valence-electron chi connectivity index (χ4n) is 8.94. The standard InChI is InChI=1S/C38H61N7O6/c1-37(2,3)51-36(50)39-30-19-11-6-4-5-10-17-27-23-38(27,35(48)49)40-33(46)31-22-28(24-44(31)34(30)47)45-42-32(41-43-45)29-18-13-12-16-26(29)21-20-25-14-8-7-9-15-25/h10,17,20-21,25-32,41-43H,4-9,11-16,18-19,22-24H2,1-3H3,(H,39,50)(H,40,46)(H,48,49)/b17-10-,21-20+/t26?,27-,28-,29?,30+,31+,32?,38+/m1/s1. The maximum Gasteiger partial charge on any atom is 0.408 e. The number of carboxylic acid groups (broad SMARTS) is 1. The predicted octanol–water partition coefficient (Wildman–Crippen LogP) is 4.43. The summed E-state index contributed by atoms with van der Waals surface area (Å²) in [5, 5.41) is 17.8. The van der Waals surface area contributed by atoms with Crippen LogP contribution in [0.2, 0.25) is 0 Å². The summed E-state index contributed by atoms with van der Waals surface area (Å²) in [6.07, 6.45) is 23.6. The molecule has 3 saturated carbocycles. The van der Waals surface area contributed by atoms with Crippen LogP contribution < -0.4 is 27.0 Å². The van der Waals surface area contributed by atoms with Gasteiger partial charge < -0.3 is 25.4 Å². The molecule has 284 valence electrons. The Balaban J connectivity index is 1.19. The third-order valence-corrected chi connectivity index (χ3v) is 11.9. The molecule has 3 aliphatic heterocycles. The molecule has 3 amide bonds. The Morgan fingerprint density at radius 2 is 1.71 bits per heavy atom. The van der Waals surface area contributed by atoms with Gasteiger partial charge in [-0.25, -0.2) is 20.4 Å². The van der Waals surface area contributed by atoms with Gasteiger partial charge in [0.15, 0.2) is 0 Å². The van der Waals surface area contributed by atoms with Gasteiger partial charge in [0.2, 0.25) is 11.8 Å². The highest BCUT2D eigenvalue weighted by atomic mass is 16.6. The Labute approximate surface area is 303 Å². The quantitative estimate of drug-likeness (QED) is 0.217. The number of fused-ring (bicyclic) bond motifs is 2. The van der Waals surface area contributed by atoms with Crippen LogP contribution in [0.25, 0.3) is 0 Å². The number of hydrogen-bond acceptors (Lipinski definition) is 9. The molecule has 5 fully saturated rings. The number of amides is 3.